The molecule has 0 bridgehead atoms. The van der Waals surface area contributed by atoms with Gasteiger partial charge >= 0.3 is 0 Å². The zero-order chi connectivity index (χ0) is 11.7. The molecular formula is C12H11N5. The van der Waals surface area contributed by atoms with Gasteiger partial charge in [0.2, 0.25) is 0 Å². The van der Waals surface area contributed by atoms with Crippen LogP contribution in [0.25, 0.3) is 16.9 Å². The van der Waals surface area contributed by atoms with Crippen molar-refractivity contribution in [3.05, 3.63) is 48.5 Å². The summed E-state index contributed by atoms with van der Waals surface area (Å²) in [6, 6.07) is 7.72. The van der Waals surface area contributed by atoms with Crippen LogP contribution < -0.4 is 5.73 Å². The molecule has 0 unspecified atom stereocenters. The summed E-state index contributed by atoms with van der Waals surface area (Å²) < 4.78 is 1.77. The Morgan fingerprint density at radius 2 is 1.94 bits per heavy atom. The first-order chi connectivity index (χ1) is 8.38. The van der Waals surface area contributed by atoms with Crippen LogP contribution in [0.1, 0.15) is 5.69 Å². The van der Waals surface area contributed by atoms with Crippen molar-refractivity contribution < 1.29 is 0 Å². The Bertz CT molecular complexity index is 644. The largest absolute Gasteiger partial charge is 0.325 e. The van der Waals surface area contributed by atoms with E-state index in [4.69, 9.17) is 5.73 Å². The minimum Gasteiger partial charge on any atom is -0.325 e. The number of aromatic nitrogens is 4. The molecule has 84 valence electrons. The Hall–Kier alpha value is -2.27. The molecule has 0 radical (unpaired) electrons. The molecule has 0 atom stereocenters. The van der Waals surface area contributed by atoms with Crippen LogP contribution in [0.5, 0.6) is 0 Å². The van der Waals surface area contributed by atoms with Crippen molar-refractivity contribution in [2.45, 2.75) is 6.54 Å². The standard InChI is InChI=1S/C12H11N5/c13-7-10-8-15-12-2-1-11(16-17(10)12)9-3-5-14-6-4-9/h1-6,8H,7,13H2. The van der Waals surface area contributed by atoms with Gasteiger partial charge in [-0.2, -0.15) is 5.10 Å². The molecule has 0 aliphatic carbocycles. The van der Waals surface area contributed by atoms with E-state index in [2.05, 4.69) is 15.1 Å². The smallest absolute Gasteiger partial charge is 0.153 e. The van der Waals surface area contributed by atoms with Crippen molar-refractivity contribution >= 4 is 5.65 Å². The highest BCUT2D eigenvalue weighted by Gasteiger charge is 2.05. The van der Waals surface area contributed by atoms with Crippen LogP contribution in [0.15, 0.2) is 42.9 Å². The molecule has 0 aliphatic rings. The van der Waals surface area contributed by atoms with Gasteiger partial charge in [0, 0.05) is 24.5 Å². The molecule has 0 amide bonds. The average Bonchev–Trinajstić information content (AvgIpc) is 2.81. The lowest BCUT2D eigenvalue weighted by Crippen LogP contribution is -2.04. The molecule has 17 heavy (non-hydrogen) atoms. The van der Waals surface area contributed by atoms with E-state index in [0.29, 0.717) is 6.54 Å². The molecule has 3 rings (SSSR count). The zero-order valence-electron chi connectivity index (χ0n) is 9.11. The number of hydrogen-bond donors (Lipinski definition) is 1. The van der Waals surface area contributed by atoms with Gasteiger partial charge in [-0.05, 0) is 24.3 Å². The van der Waals surface area contributed by atoms with Crippen LogP contribution in [-0.4, -0.2) is 19.6 Å². The highest BCUT2D eigenvalue weighted by molar-refractivity contribution is 5.59. The zero-order valence-corrected chi connectivity index (χ0v) is 9.11. The number of imidazole rings is 1. The third-order valence-electron chi connectivity index (χ3n) is 2.62. The number of pyridine rings is 1. The Morgan fingerprint density at radius 1 is 1.12 bits per heavy atom. The second-order valence-corrected chi connectivity index (χ2v) is 3.68. The van der Waals surface area contributed by atoms with E-state index in [1.54, 1.807) is 23.1 Å². The Balaban J connectivity index is 2.19. The van der Waals surface area contributed by atoms with E-state index in [0.717, 1.165) is 22.6 Å². The molecule has 0 saturated heterocycles. The van der Waals surface area contributed by atoms with Gasteiger partial charge in [0.05, 0.1) is 17.6 Å². The minimum atomic E-state index is 0.425. The quantitative estimate of drug-likeness (QED) is 0.712. The van der Waals surface area contributed by atoms with Gasteiger partial charge in [0.1, 0.15) is 0 Å². The van der Waals surface area contributed by atoms with Crippen LogP contribution in [0.3, 0.4) is 0 Å². The number of fused-ring (bicyclic) bond motifs is 1. The maximum atomic E-state index is 5.64. The Labute approximate surface area is 97.9 Å². The summed E-state index contributed by atoms with van der Waals surface area (Å²) in [4.78, 5) is 8.22. The molecule has 3 aromatic heterocycles. The highest BCUT2D eigenvalue weighted by Crippen LogP contribution is 2.16. The van der Waals surface area contributed by atoms with E-state index in [1.165, 1.54) is 0 Å². The van der Waals surface area contributed by atoms with Gasteiger partial charge in [-0.15, -0.1) is 0 Å². The van der Waals surface area contributed by atoms with E-state index in [9.17, 15) is 0 Å². The van der Waals surface area contributed by atoms with Gasteiger partial charge in [-0.25, -0.2) is 9.50 Å². The lowest BCUT2D eigenvalue weighted by atomic mass is 10.2. The summed E-state index contributed by atoms with van der Waals surface area (Å²) in [5.41, 5.74) is 9.25. The first kappa shape index (κ1) is 9.92. The van der Waals surface area contributed by atoms with Crippen molar-refractivity contribution in [3.63, 3.8) is 0 Å². The highest BCUT2D eigenvalue weighted by atomic mass is 15.3. The molecule has 2 N–H and O–H groups in total. The molecule has 0 saturated carbocycles. The number of hydrogen-bond acceptors (Lipinski definition) is 4. The number of nitrogens with two attached hydrogens (primary N) is 1. The fourth-order valence-electron chi connectivity index (χ4n) is 1.74. The SMILES string of the molecule is NCc1cnc2ccc(-c3ccncc3)nn12. The van der Waals surface area contributed by atoms with Gasteiger partial charge < -0.3 is 5.73 Å². The van der Waals surface area contributed by atoms with Crippen LogP contribution in [0.4, 0.5) is 0 Å². The first-order valence-electron chi connectivity index (χ1n) is 5.32. The lowest BCUT2D eigenvalue weighted by Gasteiger charge is -2.02. The van der Waals surface area contributed by atoms with Gasteiger partial charge in [-0.1, -0.05) is 0 Å². The van der Waals surface area contributed by atoms with E-state index < -0.39 is 0 Å². The predicted molar refractivity (Wildman–Crippen MR) is 64.1 cm³/mol. The molecule has 0 spiro atoms. The summed E-state index contributed by atoms with van der Waals surface area (Å²) in [6.07, 6.45) is 5.25. The van der Waals surface area contributed by atoms with Crippen molar-refractivity contribution in [1.29, 1.82) is 0 Å². The number of rotatable bonds is 2. The van der Waals surface area contributed by atoms with Gasteiger partial charge in [0.15, 0.2) is 5.65 Å². The molecule has 3 heterocycles. The van der Waals surface area contributed by atoms with Crippen LogP contribution >= 0.6 is 0 Å². The number of nitrogens with zero attached hydrogens (tertiary/aromatic N) is 4. The van der Waals surface area contributed by atoms with Crippen molar-refractivity contribution in [1.82, 2.24) is 19.6 Å². The third kappa shape index (κ3) is 1.66. The molecule has 3 aromatic rings. The second kappa shape index (κ2) is 3.95. The van der Waals surface area contributed by atoms with E-state index >= 15 is 0 Å². The summed E-state index contributed by atoms with van der Waals surface area (Å²) in [5, 5.41) is 4.52. The van der Waals surface area contributed by atoms with Crippen LogP contribution in [0.2, 0.25) is 0 Å². The molecular weight excluding hydrogens is 214 g/mol. The molecule has 5 heteroatoms. The van der Waals surface area contributed by atoms with Gasteiger partial charge in [-0.3, -0.25) is 4.98 Å². The average molecular weight is 225 g/mol. The summed E-state index contributed by atoms with van der Waals surface area (Å²) in [6.45, 7) is 0.425. The van der Waals surface area contributed by atoms with Crippen LogP contribution in [-0.2, 0) is 6.54 Å². The minimum absolute atomic E-state index is 0.425. The fourth-order valence-corrected chi connectivity index (χ4v) is 1.74. The first-order valence-corrected chi connectivity index (χ1v) is 5.32. The van der Waals surface area contributed by atoms with Crippen molar-refractivity contribution in [3.8, 4) is 11.3 Å². The monoisotopic (exact) mass is 225 g/mol. The predicted octanol–water partition coefficient (Wildman–Crippen LogP) is 1.25. The molecule has 5 nitrogen and oxygen atoms in total. The van der Waals surface area contributed by atoms with Crippen LogP contribution in [0, 0.1) is 0 Å². The fraction of sp³-hybridized carbons (Fsp3) is 0.0833. The molecule has 0 aliphatic heterocycles. The van der Waals surface area contributed by atoms with E-state index in [1.807, 2.05) is 24.3 Å². The molecule has 0 fully saturated rings. The lowest BCUT2D eigenvalue weighted by molar-refractivity contribution is 0.849. The Kier molecular flexibility index (Phi) is 2.31. The second-order valence-electron chi connectivity index (χ2n) is 3.68. The summed E-state index contributed by atoms with van der Waals surface area (Å²) >= 11 is 0. The van der Waals surface area contributed by atoms with E-state index in [-0.39, 0.29) is 0 Å². The normalized spacial score (nSPS) is 10.9. The summed E-state index contributed by atoms with van der Waals surface area (Å²) in [7, 11) is 0. The maximum absolute atomic E-state index is 5.64. The maximum Gasteiger partial charge on any atom is 0.153 e. The molecule has 0 aromatic carbocycles. The third-order valence-corrected chi connectivity index (χ3v) is 2.62. The topological polar surface area (TPSA) is 69.1 Å². The Morgan fingerprint density at radius 3 is 2.71 bits per heavy atom. The summed E-state index contributed by atoms with van der Waals surface area (Å²) in [5.74, 6) is 0. The van der Waals surface area contributed by atoms with Crippen molar-refractivity contribution in [2.24, 2.45) is 5.73 Å². The van der Waals surface area contributed by atoms with Gasteiger partial charge in [0.25, 0.3) is 0 Å². The van der Waals surface area contributed by atoms with Crippen molar-refractivity contribution in [2.75, 3.05) is 0 Å².